The van der Waals surface area contributed by atoms with Gasteiger partial charge in [-0.2, -0.15) is 0 Å². The number of hydrogen-bond acceptors (Lipinski definition) is 2. The SMILES string of the molecule is C=N/C(=C\C(=C)C)O/C=C(\C)Cc1ccccc1. The Morgan fingerprint density at radius 2 is 1.94 bits per heavy atom. The first kappa shape index (κ1) is 14.0. The van der Waals surface area contributed by atoms with Crippen molar-refractivity contribution in [1.82, 2.24) is 0 Å². The number of rotatable bonds is 6. The fraction of sp³-hybridized carbons (Fsp3) is 0.188. The average molecular weight is 241 g/mol. The number of allylic oxidation sites excluding steroid dienone is 3. The highest BCUT2D eigenvalue weighted by Gasteiger charge is 1.96. The molecular weight excluding hydrogens is 222 g/mol. The third-order valence-corrected chi connectivity index (χ3v) is 2.23. The van der Waals surface area contributed by atoms with Crippen LogP contribution in [0.2, 0.25) is 0 Å². The summed E-state index contributed by atoms with van der Waals surface area (Å²) in [5.41, 5.74) is 3.26. The van der Waals surface area contributed by atoms with Crippen molar-refractivity contribution >= 4 is 6.72 Å². The molecule has 0 spiro atoms. The molecule has 0 unspecified atom stereocenters. The zero-order chi connectivity index (χ0) is 13.4. The van der Waals surface area contributed by atoms with E-state index in [0.717, 1.165) is 17.6 Å². The van der Waals surface area contributed by atoms with Gasteiger partial charge < -0.3 is 4.74 Å². The van der Waals surface area contributed by atoms with Crippen molar-refractivity contribution < 1.29 is 4.74 Å². The van der Waals surface area contributed by atoms with Crippen LogP contribution in [0.15, 0.2) is 71.3 Å². The van der Waals surface area contributed by atoms with E-state index >= 15 is 0 Å². The molecule has 0 radical (unpaired) electrons. The van der Waals surface area contributed by atoms with E-state index in [4.69, 9.17) is 4.74 Å². The minimum atomic E-state index is 0.468. The van der Waals surface area contributed by atoms with Crippen molar-refractivity contribution in [2.75, 3.05) is 0 Å². The fourth-order valence-corrected chi connectivity index (χ4v) is 1.45. The van der Waals surface area contributed by atoms with Gasteiger partial charge in [0.05, 0.1) is 6.26 Å². The van der Waals surface area contributed by atoms with E-state index in [9.17, 15) is 0 Å². The molecule has 0 aliphatic carbocycles. The van der Waals surface area contributed by atoms with Gasteiger partial charge in [0.2, 0.25) is 5.88 Å². The maximum atomic E-state index is 5.45. The normalized spacial score (nSPS) is 12.1. The average Bonchev–Trinajstić information content (AvgIpc) is 2.35. The lowest BCUT2D eigenvalue weighted by Gasteiger charge is -2.04. The minimum absolute atomic E-state index is 0.468. The molecular formula is C16H19NO. The van der Waals surface area contributed by atoms with Gasteiger partial charge in [0.1, 0.15) is 0 Å². The molecule has 0 atom stereocenters. The third-order valence-electron chi connectivity index (χ3n) is 2.23. The number of hydrogen-bond donors (Lipinski definition) is 0. The predicted molar refractivity (Wildman–Crippen MR) is 77.4 cm³/mol. The highest BCUT2D eigenvalue weighted by Crippen LogP contribution is 2.10. The van der Waals surface area contributed by atoms with E-state index in [1.807, 2.05) is 32.0 Å². The number of nitrogens with zero attached hydrogens (tertiary/aromatic N) is 1. The quantitative estimate of drug-likeness (QED) is 0.414. The number of aliphatic imine (C=N–C) groups is 1. The van der Waals surface area contributed by atoms with Gasteiger partial charge in [0.25, 0.3) is 0 Å². The zero-order valence-corrected chi connectivity index (χ0v) is 11.0. The monoisotopic (exact) mass is 241 g/mol. The van der Waals surface area contributed by atoms with Crippen LogP contribution in [0.4, 0.5) is 0 Å². The molecule has 0 heterocycles. The lowest BCUT2D eigenvalue weighted by molar-refractivity contribution is 0.343. The van der Waals surface area contributed by atoms with Crippen LogP contribution in [-0.2, 0) is 11.2 Å². The van der Waals surface area contributed by atoms with Crippen LogP contribution in [0.5, 0.6) is 0 Å². The van der Waals surface area contributed by atoms with Gasteiger partial charge in [-0.25, -0.2) is 4.99 Å². The Labute approximate surface area is 109 Å². The largest absolute Gasteiger partial charge is 0.447 e. The molecule has 0 saturated carbocycles. The molecule has 0 fully saturated rings. The van der Waals surface area contributed by atoms with E-state index < -0.39 is 0 Å². The highest BCUT2D eigenvalue weighted by atomic mass is 16.5. The molecule has 1 aromatic rings. The molecule has 2 heteroatoms. The topological polar surface area (TPSA) is 21.6 Å². The minimum Gasteiger partial charge on any atom is -0.447 e. The maximum absolute atomic E-state index is 5.45. The molecule has 18 heavy (non-hydrogen) atoms. The Morgan fingerprint density at radius 3 is 2.50 bits per heavy atom. The third kappa shape index (κ3) is 5.30. The summed E-state index contributed by atoms with van der Waals surface area (Å²) in [5.74, 6) is 0.468. The summed E-state index contributed by atoms with van der Waals surface area (Å²) in [7, 11) is 0. The summed E-state index contributed by atoms with van der Waals surface area (Å²) in [6, 6.07) is 10.2. The van der Waals surface area contributed by atoms with E-state index in [0.29, 0.717) is 5.88 Å². The van der Waals surface area contributed by atoms with Crippen molar-refractivity contribution in [1.29, 1.82) is 0 Å². The molecule has 0 aromatic heterocycles. The van der Waals surface area contributed by atoms with Gasteiger partial charge in [-0.05, 0) is 38.1 Å². The van der Waals surface area contributed by atoms with Crippen molar-refractivity contribution in [2.24, 2.45) is 4.99 Å². The van der Waals surface area contributed by atoms with E-state index in [2.05, 4.69) is 30.4 Å². The van der Waals surface area contributed by atoms with Crippen LogP contribution in [0.3, 0.4) is 0 Å². The summed E-state index contributed by atoms with van der Waals surface area (Å²) < 4.78 is 5.45. The maximum Gasteiger partial charge on any atom is 0.217 e. The molecule has 2 nitrogen and oxygen atoms in total. The second kappa shape index (κ2) is 7.28. The van der Waals surface area contributed by atoms with Crippen LogP contribution >= 0.6 is 0 Å². The van der Waals surface area contributed by atoms with Crippen LogP contribution < -0.4 is 0 Å². The van der Waals surface area contributed by atoms with Gasteiger partial charge in [-0.1, -0.05) is 42.5 Å². The molecule has 0 aliphatic heterocycles. The standard InChI is InChI=1S/C16H19NO/c1-13(2)10-16(17-4)18-12-14(3)11-15-8-6-5-7-9-15/h5-10,12H,1,4,11H2,2-3H3/b14-12+,16-10+. The molecule has 0 saturated heterocycles. The molecule has 0 bridgehead atoms. The summed E-state index contributed by atoms with van der Waals surface area (Å²) >= 11 is 0. The van der Waals surface area contributed by atoms with Crippen molar-refractivity contribution in [3.05, 3.63) is 71.8 Å². The van der Waals surface area contributed by atoms with Crippen LogP contribution in [0, 0.1) is 0 Å². The molecule has 0 N–H and O–H groups in total. The van der Waals surface area contributed by atoms with Crippen molar-refractivity contribution in [3.63, 3.8) is 0 Å². The first-order valence-corrected chi connectivity index (χ1v) is 5.82. The van der Waals surface area contributed by atoms with E-state index in [-0.39, 0.29) is 0 Å². The molecule has 1 rings (SSSR count). The van der Waals surface area contributed by atoms with E-state index in [1.54, 1.807) is 12.3 Å². The summed E-state index contributed by atoms with van der Waals surface area (Å²) in [6.45, 7) is 11.1. The summed E-state index contributed by atoms with van der Waals surface area (Å²) in [4.78, 5) is 3.79. The second-order valence-electron chi connectivity index (χ2n) is 4.23. The Kier molecular flexibility index (Phi) is 5.65. The lowest BCUT2D eigenvalue weighted by atomic mass is 10.1. The van der Waals surface area contributed by atoms with Gasteiger partial charge in [-0.15, -0.1) is 0 Å². The molecule has 94 valence electrons. The molecule has 0 amide bonds. The Hall–Kier alpha value is -2.09. The van der Waals surface area contributed by atoms with Crippen LogP contribution in [0.25, 0.3) is 0 Å². The van der Waals surface area contributed by atoms with Gasteiger partial charge in [-0.3, -0.25) is 0 Å². The van der Waals surface area contributed by atoms with Gasteiger partial charge >= 0.3 is 0 Å². The van der Waals surface area contributed by atoms with E-state index in [1.165, 1.54) is 5.56 Å². The van der Waals surface area contributed by atoms with Gasteiger partial charge in [0, 0.05) is 6.08 Å². The lowest BCUT2D eigenvalue weighted by Crippen LogP contribution is -1.89. The Balaban J connectivity index is 2.62. The Morgan fingerprint density at radius 1 is 1.28 bits per heavy atom. The van der Waals surface area contributed by atoms with Crippen LogP contribution in [-0.4, -0.2) is 6.72 Å². The highest BCUT2D eigenvalue weighted by molar-refractivity contribution is 5.29. The van der Waals surface area contributed by atoms with Crippen LogP contribution in [0.1, 0.15) is 19.4 Å². The molecule has 0 aliphatic rings. The van der Waals surface area contributed by atoms with Crippen molar-refractivity contribution in [2.45, 2.75) is 20.3 Å². The number of ether oxygens (including phenoxy) is 1. The fourth-order valence-electron chi connectivity index (χ4n) is 1.45. The smallest absolute Gasteiger partial charge is 0.217 e. The Bertz CT molecular complexity index is 469. The predicted octanol–water partition coefficient (Wildman–Crippen LogP) is 4.27. The van der Waals surface area contributed by atoms with Gasteiger partial charge in [0.15, 0.2) is 0 Å². The summed E-state index contributed by atoms with van der Waals surface area (Å²) in [5, 5.41) is 0. The zero-order valence-electron chi connectivity index (χ0n) is 11.0. The molecule has 1 aromatic carbocycles. The second-order valence-corrected chi connectivity index (χ2v) is 4.23. The first-order valence-electron chi connectivity index (χ1n) is 5.82. The summed E-state index contributed by atoms with van der Waals surface area (Å²) in [6.07, 6.45) is 4.31. The number of benzene rings is 1. The van der Waals surface area contributed by atoms with Crippen molar-refractivity contribution in [3.8, 4) is 0 Å². The first-order chi connectivity index (χ1) is 8.61.